The Morgan fingerprint density at radius 1 is 1.21 bits per heavy atom. The number of aromatic nitrogens is 2. The second-order valence-electron chi connectivity index (χ2n) is 4.13. The second kappa shape index (κ2) is 5.93. The maximum absolute atomic E-state index is 5.87. The number of aryl methyl sites for hydroxylation is 1. The summed E-state index contributed by atoms with van der Waals surface area (Å²) in [5.74, 6) is 2.13. The number of benzene rings is 1. The summed E-state index contributed by atoms with van der Waals surface area (Å²) in [7, 11) is 1.83. The molecule has 0 saturated heterocycles. The van der Waals surface area contributed by atoms with E-state index >= 15 is 0 Å². The normalized spacial score (nSPS) is 10.3. The Balaban J connectivity index is 2.34. The van der Waals surface area contributed by atoms with Gasteiger partial charge in [0.15, 0.2) is 5.16 Å². The van der Waals surface area contributed by atoms with Crippen molar-refractivity contribution >= 4 is 17.6 Å². The van der Waals surface area contributed by atoms with Crippen LogP contribution in [0.1, 0.15) is 11.1 Å². The van der Waals surface area contributed by atoms with Gasteiger partial charge in [0.05, 0.1) is 0 Å². The molecule has 0 spiro atoms. The van der Waals surface area contributed by atoms with Crippen molar-refractivity contribution in [3.8, 4) is 11.6 Å². The summed E-state index contributed by atoms with van der Waals surface area (Å²) < 4.78 is 5.87. The van der Waals surface area contributed by atoms with Gasteiger partial charge in [0.1, 0.15) is 11.6 Å². The molecule has 0 amide bonds. The van der Waals surface area contributed by atoms with E-state index in [0.717, 1.165) is 17.1 Å². The maximum atomic E-state index is 5.87. The third-order valence-corrected chi connectivity index (χ3v) is 3.44. The summed E-state index contributed by atoms with van der Waals surface area (Å²) >= 11 is 1.49. The van der Waals surface area contributed by atoms with E-state index < -0.39 is 0 Å². The van der Waals surface area contributed by atoms with Gasteiger partial charge in [-0.15, -0.1) is 0 Å². The molecule has 0 fully saturated rings. The van der Waals surface area contributed by atoms with E-state index in [4.69, 9.17) is 4.74 Å². The number of rotatable bonds is 4. The molecule has 0 bridgehead atoms. The molecule has 0 unspecified atom stereocenters. The third kappa shape index (κ3) is 3.17. The molecule has 1 heterocycles. The fraction of sp³-hybridized carbons (Fsp3) is 0.286. The summed E-state index contributed by atoms with van der Waals surface area (Å²) in [6, 6.07) is 7.78. The lowest BCUT2D eigenvalue weighted by atomic mass is 10.1. The van der Waals surface area contributed by atoms with Crippen molar-refractivity contribution in [2.45, 2.75) is 19.0 Å². The van der Waals surface area contributed by atoms with Crippen LogP contribution in [0.25, 0.3) is 0 Å². The number of hydrogen-bond acceptors (Lipinski definition) is 5. The van der Waals surface area contributed by atoms with Crippen molar-refractivity contribution in [1.82, 2.24) is 9.97 Å². The largest absolute Gasteiger partial charge is 0.439 e. The molecule has 2 rings (SSSR count). The van der Waals surface area contributed by atoms with Gasteiger partial charge < -0.3 is 10.1 Å². The Hall–Kier alpha value is -1.75. The van der Waals surface area contributed by atoms with E-state index in [0.29, 0.717) is 11.0 Å². The number of nitrogens with zero attached hydrogens (tertiary/aromatic N) is 2. The number of thioether (sulfide) groups is 1. The Morgan fingerprint density at radius 3 is 2.68 bits per heavy atom. The van der Waals surface area contributed by atoms with Crippen molar-refractivity contribution in [3.05, 3.63) is 35.4 Å². The molecule has 100 valence electrons. The van der Waals surface area contributed by atoms with Gasteiger partial charge in [0, 0.05) is 13.1 Å². The average molecular weight is 275 g/mol. The lowest BCUT2D eigenvalue weighted by molar-refractivity contribution is 0.452. The number of ether oxygens (including phenoxy) is 1. The van der Waals surface area contributed by atoms with E-state index in [1.165, 1.54) is 17.3 Å². The predicted molar refractivity (Wildman–Crippen MR) is 79.3 cm³/mol. The number of anilines is 1. The molecule has 0 saturated carbocycles. The molecule has 0 aliphatic rings. The molecule has 4 nitrogen and oxygen atoms in total. The van der Waals surface area contributed by atoms with Crippen LogP contribution >= 0.6 is 11.8 Å². The molecule has 0 aliphatic carbocycles. The first-order chi connectivity index (χ1) is 9.13. The lowest BCUT2D eigenvalue weighted by Crippen LogP contribution is -1.99. The van der Waals surface area contributed by atoms with Crippen molar-refractivity contribution in [2.24, 2.45) is 0 Å². The highest BCUT2D eigenvalue weighted by molar-refractivity contribution is 7.98. The molecule has 1 aromatic carbocycles. The van der Waals surface area contributed by atoms with E-state index in [-0.39, 0.29) is 0 Å². The van der Waals surface area contributed by atoms with E-state index in [9.17, 15) is 0 Å². The maximum Gasteiger partial charge on any atom is 0.225 e. The molecular formula is C14H17N3OS. The van der Waals surface area contributed by atoms with Crippen molar-refractivity contribution in [2.75, 3.05) is 18.6 Å². The quantitative estimate of drug-likeness (QED) is 0.681. The van der Waals surface area contributed by atoms with Crippen LogP contribution < -0.4 is 10.1 Å². The molecule has 0 aliphatic heterocycles. The fourth-order valence-electron chi connectivity index (χ4n) is 1.62. The van der Waals surface area contributed by atoms with Crippen molar-refractivity contribution in [1.29, 1.82) is 0 Å². The minimum absolute atomic E-state index is 0.553. The highest BCUT2D eigenvalue weighted by atomic mass is 32.2. The molecule has 0 atom stereocenters. The zero-order valence-electron chi connectivity index (χ0n) is 11.5. The summed E-state index contributed by atoms with van der Waals surface area (Å²) in [5.41, 5.74) is 2.32. The van der Waals surface area contributed by atoms with Gasteiger partial charge in [-0.3, -0.25) is 0 Å². The van der Waals surface area contributed by atoms with E-state index in [2.05, 4.69) is 28.3 Å². The van der Waals surface area contributed by atoms with Gasteiger partial charge in [-0.1, -0.05) is 23.9 Å². The average Bonchev–Trinajstić information content (AvgIpc) is 2.43. The minimum Gasteiger partial charge on any atom is -0.439 e. The Morgan fingerprint density at radius 2 is 2.00 bits per heavy atom. The van der Waals surface area contributed by atoms with Gasteiger partial charge in [-0.2, -0.15) is 4.98 Å². The summed E-state index contributed by atoms with van der Waals surface area (Å²) in [4.78, 5) is 8.67. The van der Waals surface area contributed by atoms with Gasteiger partial charge in [0.2, 0.25) is 5.88 Å². The zero-order valence-corrected chi connectivity index (χ0v) is 12.3. The van der Waals surface area contributed by atoms with Gasteiger partial charge in [-0.05, 0) is 37.3 Å². The zero-order chi connectivity index (χ0) is 13.8. The van der Waals surface area contributed by atoms with Crippen LogP contribution in [0, 0.1) is 13.8 Å². The highest BCUT2D eigenvalue weighted by Gasteiger charge is 2.07. The van der Waals surface area contributed by atoms with Crippen LogP contribution in [0.5, 0.6) is 11.6 Å². The number of hydrogen-bond donors (Lipinski definition) is 1. The van der Waals surface area contributed by atoms with Crippen LogP contribution in [-0.4, -0.2) is 23.3 Å². The van der Waals surface area contributed by atoms with Gasteiger partial charge in [-0.25, -0.2) is 4.98 Å². The van der Waals surface area contributed by atoms with Crippen molar-refractivity contribution in [3.63, 3.8) is 0 Å². The minimum atomic E-state index is 0.553. The summed E-state index contributed by atoms with van der Waals surface area (Å²) in [6.07, 6.45) is 1.94. The number of nitrogens with one attached hydrogen (secondary N) is 1. The van der Waals surface area contributed by atoms with E-state index in [1.54, 1.807) is 6.07 Å². The van der Waals surface area contributed by atoms with Gasteiger partial charge in [0.25, 0.3) is 0 Å². The standard InChI is InChI=1S/C14H17N3OS/c1-9-6-5-7-11(10(9)2)18-13-8-12(15-3)16-14(17-13)19-4/h5-8H,1-4H3,(H,15,16,17). The highest BCUT2D eigenvalue weighted by Crippen LogP contribution is 2.27. The molecule has 1 N–H and O–H groups in total. The van der Waals surface area contributed by atoms with Crippen LogP contribution in [-0.2, 0) is 0 Å². The van der Waals surface area contributed by atoms with Crippen LogP contribution in [0.15, 0.2) is 29.4 Å². The second-order valence-corrected chi connectivity index (χ2v) is 4.90. The van der Waals surface area contributed by atoms with Gasteiger partial charge >= 0.3 is 0 Å². The molecule has 1 aromatic heterocycles. The van der Waals surface area contributed by atoms with E-state index in [1.807, 2.05) is 32.4 Å². The molecular weight excluding hydrogens is 258 g/mol. The topological polar surface area (TPSA) is 47.0 Å². The lowest BCUT2D eigenvalue weighted by Gasteiger charge is -2.11. The smallest absolute Gasteiger partial charge is 0.225 e. The molecule has 2 aromatic rings. The van der Waals surface area contributed by atoms with Crippen molar-refractivity contribution < 1.29 is 4.74 Å². The summed E-state index contributed by atoms with van der Waals surface area (Å²) in [6.45, 7) is 4.11. The summed E-state index contributed by atoms with van der Waals surface area (Å²) in [5, 5.41) is 3.70. The molecule has 5 heteroatoms. The van der Waals surface area contributed by atoms with Crippen LogP contribution in [0.2, 0.25) is 0 Å². The first-order valence-corrected chi connectivity index (χ1v) is 7.21. The van der Waals surface area contributed by atoms with Crippen LogP contribution in [0.3, 0.4) is 0 Å². The Labute approximate surface area is 117 Å². The monoisotopic (exact) mass is 275 g/mol. The first kappa shape index (κ1) is 13.7. The Bertz CT molecular complexity index is 565. The predicted octanol–water partition coefficient (Wildman–Crippen LogP) is 3.65. The molecule has 0 radical (unpaired) electrons. The SMILES string of the molecule is CNc1cc(Oc2cccc(C)c2C)nc(SC)n1. The fourth-order valence-corrected chi connectivity index (χ4v) is 1.99. The first-order valence-electron chi connectivity index (χ1n) is 5.99. The Kier molecular flexibility index (Phi) is 4.27. The molecule has 19 heavy (non-hydrogen) atoms. The third-order valence-electron chi connectivity index (χ3n) is 2.89. The van der Waals surface area contributed by atoms with Crippen LogP contribution in [0.4, 0.5) is 5.82 Å².